The molecule has 1 aliphatic heterocycles. The van der Waals surface area contributed by atoms with Crippen LogP contribution in [0.5, 0.6) is 0 Å². The Morgan fingerprint density at radius 1 is 0.931 bits per heavy atom. The molecule has 1 atom stereocenters. The van der Waals surface area contributed by atoms with Gasteiger partial charge in [0.2, 0.25) is 0 Å². The fourth-order valence-corrected chi connectivity index (χ4v) is 3.55. The summed E-state index contributed by atoms with van der Waals surface area (Å²) < 4.78 is 0. The maximum absolute atomic E-state index is 13.0. The number of carbonyl (C=O) groups excluding carboxylic acids is 1. The van der Waals surface area contributed by atoms with E-state index in [2.05, 4.69) is 39.2 Å². The van der Waals surface area contributed by atoms with E-state index in [9.17, 15) is 4.79 Å². The number of nitrogens with one attached hydrogen (secondary N) is 1. The minimum absolute atomic E-state index is 0.0449. The molecule has 6 nitrogen and oxygen atoms in total. The molecule has 1 unspecified atom stereocenters. The van der Waals surface area contributed by atoms with Crippen LogP contribution in [0.15, 0.2) is 73.1 Å². The molecule has 4 rings (SSSR count). The molecule has 3 heterocycles. The first-order valence-electron chi connectivity index (χ1n) is 9.93. The van der Waals surface area contributed by atoms with E-state index in [-0.39, 0.29) is 11.9 Å². The van der Waals surface area contributed by atoms with Gasteiger partial charge in [-0.1, -0.05) is 36.4 Å². The van der Waals surface area contributed by atoms with Gasteiger partial charge in [0.1, 0.15) is 11.6 Å². The van der Waals surface area contributed by atoms with Crippen molar-refractivity contribution in [3.63, 3.8) is 0 Å². The van der Waals surface area contributed by atoms with Crippen LogP contribution < -0.4 is 10.2 Å². The molecule has 3 aromatic rings. The Balaban J connectivity index is 1.39. The normalized spacial score (nSPS) is 15.1. The Morgan fingerprint density at radius 2 is 1.69 bits per heavy atom. The van der Waals surface area contributed by atoms with Crippen molar-refractivity contribution < 1.29 is 4.79 Å². The largest absolute Gasteiger partial charge is 0.364 e. The molecule has 1 amide bonds. The zero-order chi connectivity index (χ0) is 20.1. The summed E-state index contributed by atoms with van der Waals surface area (Å²) in [5.41, 5.74) is 1.84. The Bertz CT molecular complexity index is 940. The van der Waals surface area contributed by atoms with E-state index in [1.807, 2.05) is 47.4 Å². The van der Waals surface area contributed by atoms with Crippen molar-refractivity contribution in [3.05, 3.63) is 84.2 Å². The fourth-order valence-electron chi connectivity index (χ4n) is 3.55. The van der Waals surface area contributed by atoms with Gasteiger partial charge in [-0.15, -0.1) is 0 Å². The van der Waals surface area contributed by atoms with Gasteiger partial charge in [-0.2, -0.15) is 0 Å². The maximum atomic E-state index is 13.0. The molecule has 0 bridgehead atoms. The van der Waals surface area contributed by atoms with Crippen LogP contribution in [0.25, 0.3) is 0 Å². The van der Waals surface area contributed by atoms with Crippen LogP contribution >= 0.6 is 0 Å². The van der Waals surface area contributed by atoms with Gasteiger partial charge in [-0.3, -0.25) is 4.79 Å². The topological polar surface area (TPSA) is 61.4 Å². The van der Waals surface area contributed by atoms with Crippen LogP contribution in [0, 0.1) is 0 Å². The van der Waals surface area contributed by atoms with Gasteiger partial charge >= 0.3 is 0 Å². The molecule has 1 N–H and O–H groups in total. The SMILES string of the molecule is CC(Nc1cc(C(=O)N2CCN(c3ccccn3)CC2)ccn1)c1ccccc1. The van der Waals surface area contributed by atoms with Gasteiger partial charge in [0.05, 0.1) is 0 Å². The third-order valence-corrected chi connectivity index (χ3v) is 5.21. The van der Waals surface area contributed by atoms with Crippen LogP contribution in [0.2, 0.25) is 0 Å². The molecule has 0 spiro atoms. The lowest BCUT2D eigenvalue weighted by molar-refractivity contribution is 0.0746. The van der Waals surface area contributed by atoms with Crippen LogP contribution in [0.1, 0.15) is 28.9 Å². The van der Waals surface area contributed by atoms with E-state index < -0.39 is 0 Å². The summed E-state index contributed by atoms with van der Waals surface area (Å²) in [6.07, 6.45) is 3.49. The van der Waals surface area contributed by atoms with Crippen molar-refractivity contribution in [2.75, 3.05) is 36.4 Å². The molecule has 148 valence electrons. The Kier molecular flexibility index (Phi) is 5.70. The van der Waals surface area contributed by atoms with Crippen molar-refractivity contribution in [2.45, 2.75) is 13.0 Å². The molecule has 0 saturated carbocycles. The third-order valence-electron chi connectivity index (χ3n) is 5.21. The van der Waals surface area contributed by atoms with Gasteiger partial charge < -0.3 is 15.1 Å². The smallest absolute Gasteiger partial charge is 0.254 e. The van der Waals surface area contributed by atoms with E-state index in [0.29, 0.717) is 24.5 Å². The third kappa shape index (κ3) is 4.54. The molecule has 1 fully saturated rings. The number of hydrogen-bond acceptors (Lipinski definition) is 5. The minimum Gasteiger partial charge on any atom is -0.364 e. The van der Waals surface area contributed by atoms with E-state index in [1.54, 1.807) is 18.5 Å². The quantitative estimate of drug-likeness (QED) is 0.725. The highest BCUT2D eigenvalue weighted by Gasteiger charge is 2.23. The number of aromatic nitrogens is 2. The number of benzene rings is 1. The standard InChI is InChI=1S/C23H25N5O/c1-18(19-7-3-2-4-8-19)26-21-17-20(10-12-24-21)23(29)28-15-13-27(14-16-28)22-9-5-6-11-25-22/h2-12,17-18H,13-16H2,1H3,(H,24,26). The number of rotatable bonds is 5. The lowest BCUT2D eigenvalue weighted by Gasteiger charge is -2.35. The second-order valence-corrected chi connectivity index (χ2v) is 7.17. The number of hydrogen-bond donors (Lipinski definition) is 1. The van der Waals surface area contributed by atoms with E-state index in [1.165, 1.54) is 5.56 Å². The van der Waals surface area contributed by atoms with E-state index in [4.69, 9.17) is 0 Å². The van der Waals surface area contributed by atoms with Crippen molar-refractivity contribution in [1.29, 1.82) is 0 Å². The van der Waals surface area contributed by atoms with E-state index >= 15 is 0 Å². The molecular weight excluding hydrogens is 362 g/mol. The summed E-state index contributed by atoms with van der Waals surface area (Å²) in [6, 6.07) is 19.8. The van der Waals surface area contributed by atoms with Crippen LogP contribution in [-0.4, -0.2) is 47.0 Å². The Hall–Kier alpha value is -3.41. The number of pyridine rings is 2. The molecule has 1 aromatic carbocycles. The lowest BCUT2D eigenvalue weighted by atomic mass is 10.1. The van der Waals surface area contributed by atoms with Gasteiger partial charge in [0.25, 0.3) is 5.91 Å². The monoisotopic (exact) mass is 387 g/mol. The van der Waals surface area contributed by atoms with Crippen LogP contribution in [0.3, 0.4) is 0 Å². The molecule has 1 saturated heterocycles. The van der Waals surface area contributed by atoms with E-state index in [0.717, 1.165) is 18.9 Å². The summed E-state index contributed by atoms with van der Waals surface area (Å²) in [7, 11) is 0. The second kappa shape index (κ2) is 8.73. The maximum Gasteiger partial charge on any atom is 0.254 e. The number of carbonyl (C=O) groups is 1. The Labute approximate surface area is 171 Å². The summed E-state index contributed by atoms with van der Waals surface area (Å²) >= 11 is 0. The molecule has 29 heavy (non-hydrogen) atoms. The zero-order valence-electron chi connectivity index (χ0n) is 16.5. The first-order chi connectivity index (χ1) is 14.2. The molecule has 0 aliphatic carbocycles. The van der Waals surface area contributed by atoms with Crippen molar-refractivity contribution >= 4 is 17.5 Å². The van der Waals surface area contributed by atoms with Crippen molar-refractivity contribution in [3.8, 4) is 0 Å². The first-order valence-corrected chi connectivity index (χ1v) is 9.93. The van der Waals surface area contributed by atoms with Crippen LogP contribution in [-0.2, 0) is 0 Å². The highest BCUT2D eigenvalue weighted by molar-refractivity contribution is 5.95. The summed E-state index contributed by atoms with van der Waals surface area (Å²) in [4.78, 5) is 25.9. The average molecular weight is 387 g/mol. The van der Waals surface area contributed by atoms with Gasteiger partial charge in [-0.05, 0) is 36.8 Å². The number of piperazine rings is 1. The molecular formula is C23H25N5O. The van der Waals surface area contributed by atoms with Crippen LogP contribution in [0.4, 0.5) is 11.6 Å². The highest BCUT2D eigenvalue weighted by atomic mass is 16.2. The number of nitrogens with zero attached hydrogens (tertiary/aromatic N) is 4. The fraction of sp³-hybridized carbons (Fsp3) is 0.261. The number of amides is 1. The average Bonchev–Trinajstić information content (AvgIpc) is 2.80. The summed E-state index contributed by atoms with van der Waals surface area (Å²) in [5, 5.41) is 3.39. The molecule has 2 aromatic heterocycles. The zero-order valence-corrected chi connectivity index (χ0v) is 16.5. The number of anilines is 2. The summed E-state index contributed by atoms with van der Waals surface area (Å²) in [6.45, 7) is 5.01. The van der Waals surface area contributed by atoms with Crippen molar-refractivity contribution in [1.82, 2.24) is 14.9 Å². The van der Waals surface area contributed by atoms with Gasteiger partial charge in [0.15, 0.2) is 0 Å². The molecule has 1 aliphatic rings. The molecule has 6 heteroatoms. The van der Waals surface area contributed by atoms with Crippen molar-refractivity contribution in [2.24, 2.45) is 0 Å². The molecule has 0 radical (unpaired) electrons. The van der Waals surface area contributed by atoms with Gasteiger partial charge in [-0.25, -0.2) is 9.97 Å². The lowest BCUT2D eigenvalue weighted by Crippen LogP contribution is -2.49. The predicted molar refractivity (Wildman–Crippen MR) is 115 cm³/mol. The predicted octanol–water partition coefficient (Wildman–Crippen LogP) is 3.61. The minimum atomic E-state index is 0.0449. The highest BCUT2D eigenvalue weighted by Crippen LogP contribution is 2.19. The summed E-state index contributed by atoms with van der Waals surface area (Å²) in [5.74, 6) is 1.72. The van der Waals surface area contributed by atoms with Gasteiger partial charge in [0, 0.05) is 50.2 Å². The first kappa shape index (κ1) is 18.9. The Morgan fingerprint density at radius 3 is 2.41 bits per heavy atom. The second-order valence-electron chi connectivity index (χ2n) is 7.17.